The highest BCUT2D eigenvalue weighted by Crippen LogP contribution is 2.31. The van der Waals surface area contributed by atoms with Gasteiger partial charge in [-0.05, 0) is 30.2 Å². The Bertz CT molecular complexity index is 688. The molecule has 3 rings (SSSR count). The molecule has 21 heavy (non-hydrogen) atoms. The van der Waals surface area contributed by atoms with E-state index in [2.05, 4.69) is 22.8 Å². The third kappa shape index (κ3) is 2.76. The van der Waals surface area contributed by atoms with Crippen LogP contribution in [0, 0.1) is 0 Å². The molecule has 0 aliphatic carbocycles. The quantitative estimate of drug-likeness (QED) is 0.749. The summed E-state index contributed by atoms with van der Waals surface area (Å²) in [5, 5.41) is 10.6. The third-order valence-electron chi connectivity index (χ3n) is 3.89. The zero-order valence-corrected chi connectivity index (χ0v) is 12.1. The number of hydrogen-bond donors (Lipinski definition) is 1. The van der Waals surface area contributed by atoms with Crippen LogP contribution in [0.4, 0.5) is 0 Å². The Morgan fingerprint density at radius 3 is 2.10 bits per heavy atom. The van der Waals surface area contributed by atoms with E-state index in [4.69, 9.17) is 0 Å². The molecular weight excluding hydrogens is 258 g/mol. The molecule has 2 aromatic carbocycles. The summed E-state index contributed by atoms with van der Waals surface area (Å²) in [6.45, 7) is 2.05. The molecule has 3 aromatic rings. The van der Waals surface area contributed by atoms with Crippen molar-refractivity contribution in [3.63, 3.8) is 0 Å². The van der Waals surface area contributed by atoms with Gasteiger partial charge < -0.3 is 9.67 Å². The minimum Gasteiger partial charge on any atom is -0.386 e. The summed E-state index contributed by atoms with van der Waals surface area (Å²) in [7, 11) is 0. The molecule has 0 aliphatic rings. The summed E-state index contributed by atoms with van der Waals surface area (Å²) in [5.74, 6) is 0. The zero-order chi connectivity index (χ0) is 14.7. The molecule has 0 saturated carbocycles. The Morgan fingerprint density at radius 1 is 0.810 bits per heavy atom. The fraction of sp³-hybridized carbons (Fsp3) is 0.158. The van der Waals surface area contributed by atoms with Gasteiger partial charge in [-0.3, -0.25) is 0 Å². The molecule has 0 fully saturated rings. The van der Waals surface area contributed by atoms with Crippen LogP contribution in [-0.2, 0) is 0 Å². The molecule has 0 spiro atoms. The van der Waals surface area contributed by atoms with Crippen molar-refractivity contribution in [1.82, 2.24) is 4.57 Å². The van der Waals surface area contributed by atoms with E-state index < -0.39 is 6.10 Å². The van der Waals surface area contributed by atoms with Crippen molar-refractivity contribution in [3.05, 3.63) is 84.6 Å². The van der Waals surface area contributed by atoms with Crippen LogP contribution in [0.1, 0.15) is 24.6 Å². The summed E-state index contributed by atoms with van der Waals surface area (Å²) in [6.07, 6.45) is 1.50. The van der Waals surface area contributed by atoms with E-state index >= 15 is 0 Å². The molecule has 1 N–H and O–H groups in total. The highest BCUT2D eigenvalue weighted by atomic mass is 16.3. The summed E-state index contributed by atoms with van der Waals surface area (Å²) in [6, 6.07) is 24.2. The highest BCUT2D eigenvalue weighted by molar-refractivity contribution is 5.60. The van der Waals surface area contributed by atoms with Gasteiger partial charge in [0.1, 0.15) is 0 Å². The fourth-order valence-corrected chi connectivity index (χ4v) is 2.68. The van der Waals surface area contributed by atoms with Crippen LogP contribution < -0.4 is 0 Å². The van der Waals surface area contributed by atoms with E-state index in [1.165, 1.54) is 0 Å². The van der Waals surface area contributed by atoms with E-state index in [0.29, 0.717) is 0 Å². The maximum atomic E-state index is 10.6. The lowest BCUT2D eigenvalue weighted by atomic mass is 10.0. The van der Waals surface area contributed by atoms with Crippen molar-refractivity contribution in [2.24, 2.45) is 0 Å². The largest absolute Gasteiger partial charge is 0.386 e. The minimum atomic E-state index is -0.527. The number of aliphatic hydroxyl groups excluding tert-OH is 1. The number of hydrogen-bond acceptors (Lipinski definition) is 1. The first-order valence-corrected chi connectivity index (χ1v) is 7.22. The van der Waals surface area contributed by atoms with Crippen LogP contribution in [0.3, 0.4) is 0 Å². The Hall–Kier alpha value is -2.32. The minimum absolute atomic E-state index is 0.0300. The van der Waals surface area contributed by atoms with E-state index in [-0.39, 0.29) is 6.04 Å². The van der Waals surface area contributed by atoms with Crippen LogP contribution in [0.2, 0.25) is 0 Å². The van der Waals surface area contributed by atoms with Crippen molar-refractivity contribution in [1.29, 1.82) is 0 Å². The smallest absolute Gasteiger partial charge is 0.0994 e. The van der Waals surface area contributed by atoms with Gasteiger partial charge in [0, 0.05) is 11.9 Å². The first-order valence-electron chi connectivity index (χ1n) is 7.22. The topological polar surface area (TPSA) is 25.2 Å². The molecule has 2 heteroatoms. The van der Waals surface area contributed by atoms with Crippen LogP contribution in [0.25, 0.3) is 11.3 Å². The maximum absolute atomic E-state index is 10.6. The summed E-state index contributed by atoms with van der Waals surface area (Å²) in [5.41, 5.74) is 3.23. The van der Waals surface area contributed by atoms with Gasteiger partial charge in [-0.2, -0.15) is 0 Å². The number of aliphatic hydroxyl groups is 1. The van der Waals surface area contributed by atoms with Crippen molar-refractivity contribution in [2.75, 3.05) is 0 Å². The summed E-state index contributed by atoms with van der Waals surface area (Å²) < 4.78 is 2.13. The van der Waals surface area contributed by atoms with Crippen LogP contribution in [0.15, 0.2) is 79.0 Å². The summed E-state index contributed by atoms with van der Waals surface area (Å²) in [4.78, 5) is 0. The average Bonchev–Trinajstić information content (AvgIpc) is 3.04. The predicted octanol–water partition coefficient (Wildman–Crippen LogP) is 4.45. The first kappa shape index (κ1) is 13.7. The Morgan fingerprint density at radius 2 is 1.43 bits per heavy atom. The van der Waals surface area contributed by atoms with Gasteiger partial charge in [0.05, 0.1) is 12.1 Å². The number of benzene rings is 2. The fourth-order valence-electron chi connectivity index (χ4n) is 2.68. The molecule has 106 valence electrons. The van der Waals surface area contributed by atoms with Crippen molar-refractivity contribution >= 4 is 0 Å². The molecule has 1 heterocycles. The average molecular weight is 277 g/mol. The second kappa shape index (κ2) is 5.98. The van der Waals surface area contributed by atoms with Crippen molar-refractivity contribution in [2.45, 2.75) is 19.1 Å². The van der Waals surface area contributed by atoms with E-state index in [1.54, 1.807) is 0 Å². The van der Waals surface area contributed by atoms with E-state index in [1.807, 2.05) is 67.7 Å². The zero-order valence-electron chi connectivity index (χ0n) is 12.1. The van der Waals surface area contributed by atoms with E-state index in [9.17, 15) is 5.11 Å². The number of rotatable bonds is 4. The number of nitrogens with zero attached hydrogens (tertiary/aromatic N) is 1. The van der Waals surface area contributed by atoms with Gasteiger partial charge in [0.15, 0.2) is 0 Å². The molecule has 1 aromatic heterocycles. The molecule has 2 atom stereocenters. The predicted molar refractivity (Wildman–Crippen MR) is 86.0 cm³/mol. The van der Waals surface area contributed by atoms with Gasteiger partial charge in [-0.1, -0.05) is 60.7 Å². The summed E-state index contributed by atoms with van der Waals surface area (Å²) >= 11 is 0. The van der Waals surface area contributed by atoms with Gasteiger partial charge in [-0.15, -0.1) is 0 Å². The Labute approximate surface area is 125 Å². The van der Waals surface area contributed by atoms with Gasteiger partial charge in [-0.25, -0.2) is 0 Å². The Balaban J connectivity index is 1.93. The molecule has 1 unspecified atom stereocenters. The second-order valence-corrected chi connectivity index (χ2v) is 5.26. The monoisotopic (exact) mass is 277 g/mol. The first-order chi connectivity index (χ1) is 10.3. The second-order valence-electron chi connectivity index (χ2n) is 5.26. The lowest BCUT2D eigenvalue weighted by Crippen LogP contribution is -2.14. The standard InChI is InChI=1S/C19H19NO/c1-15(19(21)17-11-6-3-7-12-17)20-14-8-13-18(20)16-9-4-2-5-10-16/h2-15,19,21H,1H3/t15-,19?/m0/s1. The molecule has 0 saturated heterocycles. The number of aromatic nitrogens is 1. The van der Waals surface area contributed by atoms with Gasteiger partial charge in [0.25, 0.3) is 0 Å². The van der Waals surface area contributed by atoms with Crippen molar-refractivity contribution < 1.29 is 5.11 Å². The molecule has 0 radical (unpaired) electrons. The Kier molecular flexibility index (Phi) is 3.89. The molecule has 0 amide bonds. The highest BCUT2D eigenvalue weighted by Gasteiger charge is 2.19. The third-order valence-corrected chi connectivity index (χ3v) is 3.89. The molecular formula is C19H19NO. The van der Waals surface area contributed by atoms with Crippen molar-refractivity contribution in [3.8, 4) is 11.3 Å². The van der Waals surface area contributed by atoms with Gasteiger partial charge >= 0.3 is 0 Å². The molecule has 0 aliphatic heterocycles. The lowest BCUT2D eigenvalue weighted by Gasteiger charge is -2.23. The van der Waals surface area contributed by atoms with Crippen LogP contribution in [-0.4, -0.2) is 9.67 Å². The van der Waals surface area contributed by atoms with Crippen LogP contribution in [0.5, 0.6) is 0 Å². The normalized spacial score (nSPS) is 13.8. The SMILES string of the molecule is C[C@@H](C(O)c1ccccc1)n1cccc1-c1ccccc1. The maximum Gasteiger partial charge on any atom is 0.0994 e. The lowest BCUT2D eigenvalue weighted by molar-refractivity contribution is 0.123. The van der Waals surface area contributed by atoms with Gasteiger partial charge in [0.2, 0.25) is 0 Å². The molecule has 0 bridgehead atoms. The molecule has 2 nitrogen and oxygen atoms in total. The van der Waals surface area contributed by atoms with Crippen LogP contribution >= 0.6 is 0 Å². The van der Waals surface area contributed by atoms with E-state index in [0.717, 1.165) is 16.8 Å².